The molecule has 1 N–H and O–H groups in total. The molecule has 0 saturated carbocycles. The van der Waals surface area contributed by atoms with Crippen LogP contribution in [0.2, 0.25) is 5.02 Å². The average molecular weight is 540 g/mol. The van der Waals surface area contributed by atoms with Crippen LogP contribution in [-0.4, -0.2) is 27.8 Å². The van der Waals surface area contributed by atoms with Gasteiger partial charge in [0, 0.05) is 15.6 Å². The minimum absolute atomic E-state index is 0.0860. The fraction of sp³-hybridized carbons (Fsp3) is 0.296. The predicted molar refractivity (Wildman–Crippen MR) is 149 cm³/mol. The highest BCUT2D eigenvalue weighted by molar-refractivity contribution is 7.99. The standard InChI is InChI=1S/C27H26ClN3O3S2/c1-3-34-18-13-11-17(12-14-18)31-26(33)24-19-7-4-5-10-22(19)36-25(24)30-27(31)35-15-23(32)29-21-9-6-8-20(28)16(21)2/h6,8-9,11-14H,3-5,7,10,15H2,1-2H3,(H,29,32). The summed E-state index contributed by atoms with van der Waals surface area (Å²) in [6, 6.07) is 12.8. The first-order valence-corrected chi connectivity index (χ1v) is 14.1. The van der Waals surface area contributed by atoms with Gasteiger partial charge >= 0.3 is 0 Å². The van der Waals surface area contributed by atoms with Gasteiger partial charge in [-0.1, -0.05) is 29.4 Å². The Kier molecular flexibility index (Phi) is 7.37. The molecule has 0 radical (unpaired) electrons. The van der Waals surface area contributed by atoms with Gasteiger partial charge in [-0.05, 0) is 87.1 Å². The summed E-state index contributed by atoms with van der Waals surface area (Å²) in [6.45, 7) is 4.36. The molecule has 1 amide bonds. The molecule has 2 heterocycles. The van der Waals surface area contributed by atoms with Gasteiger partial charge < -0.3 is 10.1 Å². The molecule has 0 saturated heterocycles. The quantitative estimate of drug-likeness (QED) is 0.217. The van der Waals surface area contributed by atoms with Gasteiger partial charge in [0.15, 0.2) is 5.16 Å². The second-order valence-electron chi connectivity index (χ2n) is 8.60. The molecule has 186 valence electrons. The van der Waals surface area contributed by atoms with Crippen LogP contribution in [-0.2, 0) is 17.6 Å². The molecule has 0 fully saturated rings. The number of hydrogen-bond acceptors (Lipinski definition) is 6. The minimum Gasteiger partial charge on any atom is -0.494 e. The maximum Gasteiger partial charge on any atom is 0.267 e. The number of aromatic nitrogens is 2. The number of thioether (sulfide) groups is 1. The number of hydrogen-bond donors (Lipinski definition) is 1. The summed E-state index contributed by atoms with van der Waals surface area (Å²) in [6.07, 6.45) is 4.12. The lowest BCUT2D eigenvalue weighted by molar-refractivity contribution is -0.113. The van der Waals surface area contributed by atoms with E-state index in [0.717, 1.165) is 47.4 Å². The first-order valence-electron chi connectivity index (χ1n) is 11.9. The summed E-state index contributed by atoms with van der Waals surface area (Å²) in [4.78, 5) is 33.6. The molecule has 4 aromatic rings. The van der Waals surface area contributed by atoms with Gasteiger partial charge in [0.05, 0.1) is 23.4 Å². The minimum atomic E-state index is -0.191. The molecular formula is C27H26ClN3O3S2. The molecule has 0 aliphatic heterocycles. The monoisotopic (exact) mass is 539 g/mol. The third-order valence-electron chi connectivity index (χ3n) is 6.24. The van der Waals surface area contributed by atoms with E-state index in [1.165, 1.54) is 16.6 Å². The molecule has 36 heavy (non-hydrogen) atoms. The lowest BCUT2D eigenvalue weighted by Gasteiger charge is -2.14. The molecule has 0 unspecified atom stereocenters. The summed E-state index contributed by atoms with van der Waals surface area (Å²) >= 11 is 9.05. The van der Waals surface area contributed by atoms with E-state index in [1.807, 2.05) is 44.2 Å². The molecular weight excluding hydrogens is 514 g/mol. The number of thiophene rings is 1. The van der Waals surface area contributed by atoms with Crippen molar-refractivity contribution in [2.24, 2.45) is 0 Å². The lowest BCUT2D eigenvalue weighted by Crippen LogP contribution is -2.23. The Balaban J connectivity index is 1.51. The van der Waals surface area contributed by atoms with Crippen LogP contribution < -0.4 is 15.6 Å². The van der Waals surface area contributed by atoms with Crippen LogP contribution >= 0.6 is 34.7 Å². The third kappa shape index (κ3) is 4.90. The van der Waals surface area contributed by atoms with Crippen molar-refractivity contribution in [1.29, 1.82) is 0 Å². The largest absolute Gasteiger partial charge is 0.494 e. The van der Waals surface area contributed by atoms with Crippen LogP contribution in [0, 0.1) is 6.92 Å². The fourth-order valence-electron chi connectivity index (χ4n) is 4.43. The number of carbonyl (C=O) groups excluding carboxylic acids is 1. The highest BCUT2D eigenvalue weighted by Gasteiger charge is 2.23. The van der Waals surface area contributed by atoms with Crippen molar-refractivity contribution in [1.82, 2.24) is 9.55 Å². The van der Waals surface area contributed by atoms with E-state index in [1.54, 1.807) is 28.0 Å². The zero-order valence-corrected chi connectivity index (χ0v) is 22.5. The Bertz CT molecular complexity index is 1500. The molecule has 1 aliphatic rings. The number of amides is 1. The summed E-state index contributed by atoms with van der Waals surface area (Å²) in [5.74, 6) is 0.650. The fourth-order valence-corrected chi connectivity index (χ4v) is 6.72. The topological polar surface area (TPSA) is 73.2 Å². The normalized spacial score (nSPS) is 13.0. The molecule has 9 heteroatoms. The number of benzene rings is 2. The van der Waals surface area contributed by atoms with Crippen molar-refractivity contribution in [3.8, 4) is 11.4 Å². The van der Waals surface area contributed by atoms with Gasteiger partial charge in [0.25, 0.3) is 5.56 Å². The number of aryl methyl sites for hydroxylation is 2. The molecule has 0 spiro atoms. The molecule has 2 aromatic heterocycles. The molecule has 0 atom stereocenters. The highest BCUT2D eigenvalue weighted by Crippen LogP contribution is 2.35. The number of anilines is 1. The average Bonchev–Trinajstić information content (AvgIpc) is 3.25. The van der Waals surface area contributed by atoms with Crippen molar-refractivity contribution >= 4 is 56.5 Å². The number of carbonyl (C=O) groups is 1. The Hall–Kier alpha value is -2.81. The summed E-state index contributed by atoms with van der Waals surface area (Å²) in [7, 11) is 0. The molecule has 1 aliphatic carbocycles. The van der Waals surface area contributed by atoms with Gasteiger partial charge in [-0.3, -0.25) is 14.2 Å². The van der Waals surface area contributed by atoms with E-state index in [-0.39, 0.29) is 17.2 Å². The van der Waals surface area contributed by atoms with Crippen molar-refractivity contribution in [2.75, 3.05) is 17.7 Å². The van der Waals surface area contributed by atoms with Gasteiger partial charge in [-0.15, -0.1) is 11.3 Å². The van der Waals surface area contributed by atoms with Gasteiger partial charge in [-0.2, -0.15) is 0 Å². The maximum atomic E-state index is 13.9. The van der Waals surface area contributed by atoms with Gasteiger partial charge in [0.1, 0.15) is 10.6 Å². The zero-order chi connectivity index (χ0) is 25.2. The SMILES string of the molecule is CCOc1ccc(-n2c(SCC(=O)Nc3cccc(Cl)c3C)nc3sc4c(c3c2=O)CCCC4)cc1. The van der Waals surface area contributed by atoms with E-state index < -0.39 is 0 Å². The Morgan fingerprint density at radius 2 is 1.97 bits per heavy atom. The van der Waals surface area contributed by atoms with Crippen LogP contribution in [0.3, 0.4) is 0 Å². The Morgan fingerprint density at radius 3 is 2.75 bits per heavy atom. The molecule has 2 aromatic carbocycles. The number of halogens is 1. The second kappa shape index (κ2) is 10.7. The maximum absolute atomic E-state index is 13.9. The highest BCUT2D eigenvalue weighted by atomic mass is 35.5. The number of fused-ring (bicyclic) bond motifs is 3. The number of nitrogens with one attached hydrogen (secondary N) is 1. The van der Waals surface area contributed by atoms with E-state index in [9.17, 15) is 9.59 Å². The molecule has 0 bridgehead atoms. The van der Waals surface area contributed by atoms with Crippen LogP contribution in [0.1, 0.15) is 35.8 Å². The van der Waals surface area contributed by atoms with Crippen LogP contribution in [0.15, 0.2) is 52.4 Å². The van der Waals surface area contributed by atoms with E-state index >= 15 is 0 Å². The van der Waals surface area contributed by atoms with E-state index in [0.29, 0.717) is 33.5 Å². The smallest absolute Gasteiger partial charge is 0.267 e. The summed E-state index contributed by atoms with van der Waals surface area (Å²) in [5, 5.41) is 4.72. The van der Waals surface area contributed by atoms with E-state index in [4.69, 9.17) is 21.3 Å². The number of rotatable bonds is 7. The third-order valence-corrected chi connectivity index (χ3v) is 8.77. The zero-order valence-electron chi connectivity index (χ0n) is 20.1. The number of nitrogens with zero attached hydrogens (tertiary/aromatic N) is 2. The van der Waals surface area contributed by atoms with Gasteiger partial charge in [-0.25, -0.2) is 4.98 Å². The van der Waals surface area contributed by atoms with Crippen molar-refractivity contribution in [3.05, 3.63) is 73.8 Å². The number of ether oxygens (including phenoxy) is 1. The van der Waals surface area contributed by atoms with Crippen molar-refractivity contribution in [2.45, 2.75) is 44.7 Å². The van der Waals surface area contributed by atoms with Crippen molar-refractivity contribution in [3.63, 3.8) is 0 Å². The lowest BCUT2D eigenvalue weighted by atomic mass is 9.97. The van der Waals surface area contributed by atoms with Crippen molar-refractivity contribution < 1.29 is 9.53 Å². The van der Waals surface area contributed by atoms with Crippen LogP contribution in [0.4, 0.5) is 5.69 Å². The summed E-state index contributed by atoms with van der Waals surface area (Å²) < 4.78 is 7.20. The Labute approximate surface area is 222 Å². The Morgan fingerprint density at radius 1 is 1.19 bits per heavy atom. The first-order chi connectivity index (χ1) is 17.5. The van der Waals surface area contributed by atoms with Crippen LogP contribution in [0.25, 0.3) is 15.9 Å². The van der Waals surface area contributed by atoms with Gasteiger partial charge in [0.2, 0.25) is 5.91 Å². The second-order valence-corrected chi connectivity index (χ2v) is 11.0. The molecule has 5 rings (SSSR count). The van der Waals surface area contributed by atoms with Crippen LogP contribution in [0.5, 0.6) is 5.75 Å². The molecule has 6 nitrogen and oxygen atoms in total. The first kappa shape index (κ1) is 24.9. The summed E-state index contributed by atoms with van der Waals surface area (Å²) in [5.41, 5.74) is 3.24. The van der Waals surface area contributed by atoms with E-state index in [2.05, 4.69) is 5.32 Å². The predicted octanol–water partition coefficient (Wildman–Crippen LogP) is 6.42.